The predicted octanol–water partition coefficient (Wildman–Crippen LogP) is 0.718. The van der Waals surface area contributed by atoms with Gasteiger partial charge in [-0.05, 0) is 6.92 Å². The van der Waals surface area contributed by atoms with Crippen molar-refractivity contribution in [2.24, 2.45) is 0 Å². The Hall–Kier alpha value is -0.950. The van der Waals surface area contributed by atoms with Crippen LogP contribution in [0.25, 0.3) is 0 Å². The van der Waals surface area contributed by atoms with Gasteiger partial charge in [-0.15, -0.1) is 0 Å². The Morgan fingerprint density at radius 3 is 2.62 bits per heavy atom. The lowest BCUT2D eigenvalue weighted by molar-refractivity contribution is 1.27. The molecular formula is C4H3N3S. The molecule has 0 unspecified atom stereocenters. The van der Waals surface area contributed by atoms with E-state index in [0.717, 1.165) is 17.4 Å². The third-order valence-corrected chi connectivity index (χ3v) is 1.38. The molecule has 1 aromatic rings. The van der Waals surface area contributed by atoms with Crippen molar-refractivity contribution in [3.05, 3.63) is 11.4 Å². The van der Waals surface area contributed by atoms with E-state index in [9.17, 15) is 0 Å². The predicted molar refractivity (Wildman–Crippen MR) is 29.4 cm³/mol. The highest BCUT2D eigenvalue weighted by Crippen LogP contribution is 1.99. The number of rotatable bonds is 0. The number of nitriles is 1. The Morgan fingerprint density at radius 1 is 1.62 bits per heavy atom. The quantitative estimate of drug-likeness (QED) is 0.513. The summed E-state index contributed by atoms with van der Waals surface area (Å²) in [6.45, 7) is 1.77. The second-order valence-corrected chi connectivity index (χ2v) is 1.84. The van der Waals surface area contributed by atoms with Crippen molar-refractivity contribution >= 4 is 11.7 Å². The van der Waals surface area contributed by atoms with Crippen LogP contribution in [0.2, 0.25) is 0 Å². The molecule has 4 heteroatoms. The summed E-state index contributed by atoms with van der Waals surface area (Å²) in [6.07, 6.45) is 0. The first-order valence-corrected chi connectivity index (χ1v) is 2.77. The highest BCUT2D eigenvalue weighted by atomic mass is 32.1. The smallest absolute Gasteiger partial charge is 0.177 e. The SMILES string of the molecule is Cc1nsnc1C#N. The van der Waals surface area contributed by atoms with Gasteiger partial charge in [0.1, 0.15) is 6.07 Å². The molecule has 8 heavy (non-hydrogen) atoms. The third kappa shape index (κ3) is 0.678. The fraction of sp³-hybridized carbons (Fsp3) is 0.250. The molecule has 1 rings (SSSR count). The maximum atomic E-state index is 8.26. The molecule has 0 aliphatic heterocycles. The maximum absolute atomic E-state index is 8.26. The summed E-state index contributed by atoms with van der Waals surface area (Å²) in [6, 6.07) is 1.91. The first kappa shape index (κ1) is 5.19. The Morgan fingerprint density at radius 2 is 2.38 bits per heavy atom. The van der Waals surface area contributed by atoms with Crippen LogP contribution in [0.15, 0.2) is 0 Å². The fourth-order valence-electron chi connectivity index (χ4n) is 0.333. The lowest BCUT2D eigenvalue weighted by atomic mass is 10.4. The number of hydrogen-bond donors (Lipinski definition) is 0. The van der Waals surface area contributed by atoms with E-state index >= 15 is 0 Å². The van der Waals surface area contributed by atoms with Crippen LogP contribution >= 0.6 is 11.7 Å². The second-order valence-electron chi connectivity index (χ2n) is 1.31. The van der Waals surface area contributed by atoms with Gasteiger partial charge in [-0.1, -0.05) is 0 Å². The average Bonchev–Trinajstić information content (AvgIpc) is 2.14. The molecule has 0 bridgehead atoms. The largest absolute Gasteiger partial charge is 0.191 e. The van der Waals surface area contributed by atoms with Crippen LogP contribution in [0.3, 0.4) is 0 Å². The van der Waals surface area contributed by atoms with Crippen molar-refractivity contribution in [3.8, 4) is 6.07 Å². The molecule has 0 radical (unpaired) electrons. The lowest BCUT2D eigenvalue weighted by Gasteiger charge is -1.72. The molecule has 0 fully saturated rings. The van der Waals surface area contributed by atoms with Gasteiger partial charge in [0.05, 0.1) is 17.4 Å². The molecule has 40 valence electrons. The van der Waals surface area contributed by atoms with E-state index in [0.29, 0.717) is 5.69 Å². The van der Waals surface area contributed by atoms with Gasteiger partial charge in [-0.25, -0.2) is 0 Å². The van der Waals surface area contributed by atoms with E-state index in [-0.39, 0.29) is 0 Å². The molecule has 3 nitrogen and oxygen atoms in total. The summed E-state index contributed by atoms with van der Waals surface area (Å²) in [4.78, 5) is 0. The molecule has 0 saturated carbocycles. The van der Waals surface area contributed by atoms with E-state index < -0.39 is 0 Å². The van der Waals surface area contributed by atoms with E-state index in [2.05, 4.69) is 8.75 Å². The fourth-order valence-corrected chi connectivity index (χ4v) is 0.837. The van der Waals surface area contributed by atoms with Crippen molar-refractivity contribution in [1.29, 1.82) is 5.26 Å². The molecule has 0 aliphatic carbocycles. The third-order valence-electron chi connectivity index (χ3n) is 0.758. The second kappa shape index (κ2) is 1.88. The first-order valence-electron chi connectivity index (χ1n) is 2.04. The number of aromatic nitrogens is 2. The van der Waals surface area contributed by atoms with Crippen molar-refractivity contribution in [3.63, 3.8) is 0 Å². The lowest BCUT2D eigenvalue weighted by Crippen LogP contribution is -1.74. The molecule has 0 aliphatic rings. The minimum Gasteiger partial charge on any atom is -0.191 e. The van der Waals surface area contributed by atoms with Gasteiger partial charge in [0.15, 0.2) is 5.69 Å². The minimum absolute atomic E-state index is 0.440. The van der Waals surface area contributed by atoms with Crippen LogP contribution in [0.1, 0.15) is 11.4 Å². The standard InChI is InChI=1S/C4H3N3S/c1-3-4(2-5)7-8-6-3/h1H3. The zero-order valence-corrected chi connectivity index (χ0v) is 5.07. The Balaban J connectivity index is 3.15. The summed E-state index contributed by atoms with van der Waals surface area (Å²) in [5.41, 5.74) is 1.16. The molecule has 0 saturated heterocycles. The normalized spacial score (nSPS) is 8.50. The number of hydrogen-bond acceptors (Lipinski definition) is 4. The zero-order valence-electron chi connectivity index (χ0n) is 4.25. The van der Waals surface area contributed by atoms with E-state index in [4.69, 9.17) is 5.26 Å². The van der Waals surface area contributed by atoms with Crippen LogP contribution in [-0.4, -0.2) is 8.75 Å². The highest BCUT2D eigenvalue weighted by molar-refractivity contribution is 6.99. The summed E-state index contributed by atoms with van der Waals surface area (Å²) in [7, 11) is 0. The molecule has 1 aromatic heterocycles. The molecule has 0 N–H and O–H groups in total. The maximum Gasteiger partial charge on any atom is 0.177 e. The number of nitrogens with zero attached hydrogens (tertiary/aromatic N) is 3. The zero-order chi connectivity index (χ0) is 5.98. The van der Waals surface area contributed by atoms with E-state index in [1.165, 1.54) is 0 Å². The Bertz CT molecular complexity index is 221. The first-order chi connectivity index (χ1) is 3.84. The van der Waals surface area contributed by atoms with Crippen LogP contribution in [0.5, 0.6) is 0 Å². The van der Waals surface area contributed by atoms with E-state index in [1.807, 2.05) is 6.07 Å². The Kier molecular flexibility index (Phi) is 1.22. The van der Waals surface area contributed by atoms with Gasteiger partial charge in [0, 0.05) is 0 Å². The summed E-state index contributed by atoms with van der Waals surface area (Å²) >= 11 is 1.07. The van der Waals surface area contributed by atoms with Crippen molar-refractivity contribution in [2.75, 3.05) is 0 Å². The average molecular weight is 125 g/mol. The summed E-state index contributed by atoms with van der Waals surface area (Å²) in [5, 5.41) is 8.26. The van der Waals surface area contributed by atoms with Gasteiger partial charge in [0.25, 0.3) is 0 Å². The molecule has 0 atom stereocenters. The summed E-state index contributed by atoms with van der Waals surface area (Å²) in [5.74, 6) is 0. The van der Waals surface area contributed by atoms with Crippen molar-refractivity contribution in [2.45, 2.75) is 6.92 Å². The van der Waals surface area contributed by atoms with Gasteiger partial charge in [-0.2, -0.15) is 14.0 Å². The van der Waals surface area contributed by atoms with Gasteiger partial charge >= 0.3 is 0 Å². The van der Waals surface area contributed by atoms with Crippen LogP contribution in [-0.2, 0) is 0 Å². The van der Waals surface area contributed by atoms with Gasteiger partial charge < -0.3 is 0 Å². The Labute approximate surface area is 50.9 Å². The summed E-state index contributed by atoms with van der Waals surface area (Å²) < 4.78 is 7.50. The van der Waals surface area contributed by atoms with Crippen LogP contribution in [0, 0.1) is 18.3 Å². The topological polar surface area (TPSA) is 49.6 Å². The van der Waals surface area contributed by atoms with Gasteiger partial charge in [-0.3, -0.25) is 0 Å². The molecular weight excluding hydrogens is 122 g/mol. The molecule has 0 amide bonds. The van der Waals surface area contributed by atoms with Crippen molar-refractivity contribution in [1.82, 2.24) is 8.75 Å². The molecule has 0 aromatic carbocycles. The van der Waals surface area contributed by atoms with Crippen molar-refractivity contribution < 1.29 is 0 Å². The number of aryl methyl sites for hydroxylation is 1. The van der Waals surface area contributed by atoms with Crippen LogP contribution < -0.4 is 0 Å². The molecule has 0 spiro atoms. The van der Waals surface area contributed by atoms with Crippen LogP contribution in [0.4, 0.5) is 0 Å². The molecule has 1 heterocycles. The highest BCUT2D eigenvalue weighted by Gasteiger charge is 1.97. The van der Waals surface area contributed by atoms with Gasteiger partial charge in [0.2, 0.25) is 0 Å². The minimum atomic E-state index is 0.440. The van der Waals surface area contributed by atoms with E-state index in [1.54, 1.807) is 6.92 Å². The monoisotopic (exact) mass is 125 g/mol.